The average Bonchev–Trinajstić information content (AvgIpc) is 2.22. The summed E-state index contributed by atoms with van der Waals surface area (Å²) in [7, 11) is 3.30. The Morgan fingerprint density at radius 1 is 1.07 bits per heavy atom. The maximum Gasteiger partial charge on any atom is 0.118 e. The maximum absolute atomic E-state index is 9.10. The molecule has 0 radical (unpaired) electrons. The Morgan fingerprint density at radius 3 is 1.93 bits per heavy atom. The lowest BCUT2D eigenvalue weighted by molar-refractivity contribution is 0.103. The highest BCUT2D eigenvalue weighted by Crippen LogP contribution is 2.15. The standard InChI is InChI=1S/C8H10O.C4H10O2/c1-6-3-4-7(2)8(9)5-6;1-5-3-4-6-2/h3-5,9H,1-2H3;3-4H2,1-2H3. The molecule has 0 spiro atoms. The van der Waals surface area contributed by atoms with E-state index in [0.29, 0.717) is 19.0 Å². The Balaban J connectivity index is 0.000000288. The van der Waals surface area contributed by atoms with Gasteiger partial charge in [-0.25, -0.2) is 0 Å². The Bertz CT molecular complexity index is 268. The first-order valence-corrected chi connectivity index (χ1v) is 4.86. The largest absolute Gasteiger partial charge is 0.508 e. The zero-order valence-corrected chi connectivity index (χ0v) is 9.91. The van der Waals surface area contributed by atoms with Crippen LogP contribution in [0.25, 0.3) is 0 Å². The second-order valence-electron chi connectivity index (χ2n) is 3.28. The first-order valence-electron chi connectivity index (χ1n) is 4.86. The second kappa shape index (κ2) is 8.26. The van der Waals surface area contributed by atoms with Crippen LogP contribution in [0, 0.1) is 13.8 Å². The van der Waals surface area contributed by atoms with Crippen LogP contribution in [0.3, 0.4) is 0 Å². The molecule has 0 aliphatic heterocycles. The molecule has 15 heavy (non-hydrogen) atoms. The number of methoxy groups -OCH3 is 2. The Hall–Kier alpha value is -1.06. The molecule has 0 atom stereocenters. The minimum absolute atomic E-state index is 0.384. The average molecular weight is 212 g/mol. The van der Waals surface area contributed by atoms with Crippen molar-refractivity contribution in [2.24, 2.45) is 0 Å². The smallest absolute Gasteiger partial charge is 0.118 e. The molecule has 0 unspecified atom stereocenters. The summed E-state index contributed by atoms with van der Waals surface area (Å²) in [6, 6.07) is 5.65. The van der Waals surface area contributed by atoms with Gasteiger partial charge in [0.1, 0.15) is 5.75 Å². The zero-order chi connectivity index (χ0) is 11.7. The number of hydrogen-bond donors (Lipinski definition) is 1. The van der Waals surface area contributed by atoms with Gasteiger partial charge in [-0.05, 0) is 31.0 Å². The molecule has 0 heterocycles. The van der Waals surface area contributed by atoms with E-state index in [0.717, 1.165) is 11.1 Å². The van der Waals surface area contributed by atoms with Gasteiger partial charge in [-0.1, -0.05) is 12.1 Å². The van der Waals surface area contributed by atoms with Gasteiger partial charge in [0.2, 0.25) is 0 Å². The molecule has 0 aliphatic carbocycles. The van der Waals surface area contributed by atoms with Crippen LogP contribution >= 0.6 is 0 Å². The fourth-order valence-corrected chi connectivity index (χ4v) is 0.886. The highest BCUT2D eigenvalue weighted by atomic mass is 16.5. The molecule has 0 aromatic heterocycles. The summed E-state index contributed by atoms with van der Waals surface area (Å²) in [5.74, 6) is 0.384. The van der Waals surface area contributed by atoms with Gasteiger partial charge in [-0.3, -0.25) is 0 Å². The Kier molecular flexibility index (Phi) is 7.68. The summed E-state index contributed by atoms with van der Waals surface area (Å²) in [4.78, 5) is 0. The molecule has 3 heteroatoms. The molecule has 1 rings (SSSR count). The highest BCUT2D eigenvalue weighted by molar-refractivity contribution is 5.34. The van der Waals surface area contributed by atoms with E-state index in [4.69, 9.17) is 5.11 Å². The molecule has 0 amide bonds. The summed E-state index contributed by atoms with van der Waals surface area (Å²) < 4.78 is 9.31. The van der Waals surface area contributed by atoms with Gasteiger partial charge in [0.05, 0.1) is 13.2 Å². The van der Waals surface area contributed by atoms with E-state index in [1.807, 2.05) is 26.0 Å². The van der Waals surface area contributed by atoms with E-state index < -0.39 is 0 Å². The Labute approximate surface area is 91.6 Å². The molecule has 1 N–H and O–H groups in total. The first-order chi connectivity index (χ1) is 7.11. The normalized spacial score (nSPS) is 9.33. The third-order valence-corrected chi connectivity index (χ3v) is 1.86. The van der Waals surface area contributed by atoms with Crippen LogP contribution in [0.2, 0.25) is 0 Å². The van der Waals surface area contributed by atoms with Crippen LogP contribution in [0.15, 0.2) is 18.2 Å². The van der Waals surface area contributed by atoms with Crippen molar-refractivity contribution >= 4 is 0 Å². The van der Waals surface area contributed by atoms with Crippen LogP contribution in [-0.2, 0) is 9.47 Å². The summed E-state index contributed by atoms with van der Waals surface area (Å²) in [5.41, 5.74) is 2.03. The first kappa shape index (κ1) is 13.9. The molecule has 0 fully saturated rings. The molecule has 86 valence electrons. The number of aromatic hydroxyl groups is 1. The lowest BCUT2D eigenvalue weighted by Crippen LogP contribution is -1.96. The number of rotatable bonds is 3. The highest BCUT2D eigenvalue weighted by Gasteiger charge is 1.91. The second-order valence-corrected chi connectivity index (χ2v) is 3.28. The zero-order valence-electron chi connectivity index (χ0n) is 9.91. The van der Waals surface area contributed by atoms with Crippen LogP contribution in [0.1, 0.15) is 11.1 Å². The van der Waals surface area contributed by atoms with Gasteiger partial charge in [-0.2, -0.15) is 0 Å². The molecule has 1 aromatic carbocycles. The number of aryl methyl sites for hydroxylation is 2. The van der Waals surface area contributed by atoms with Crippen molar-refractivity contribution in [1.82, 2.24) is 0 Å². The summed E-state index contributed by atoms with van der Waals surface area (Å²) in [6.07, 6.45) is 0. The number of hydrogen-bond acceptors (Lipinski definition) is 3. The van der Waals surface area contributed by atoms with E-state index in [9.17, 15) is 0 Å². The third-order valence-electron chi connectivity index (χ3n) is 1.86. The van der Waals surface area contributed by atoms with Gasteiger partial charge in [0.15, 0.2) is 0 Å². The maximum atomic E-state index is 9.10. The minimum atomic E-state index is 0.384. The monoisotopic (exact) mass is 212 g/mol. The summed E-state index contributed by atoms with van der Waals surface area (Å²) in [6.45, 7) is 5.22. The molecule has 0 aliphatic rings. The number of phenols is 1. The molecular weight excluding hydrogens is 192 g/mol. The molecule has 0 saturated heterocycles. The molecule has 3 nitrogen and oxygen atoms in total. The van der Waals surface area contributed by atoms with Gasteiger partial charge in [0, 0.05) is 14.2 Å². The molecule has 0 saturated carbocycles. The number of phenolic OH excluding ortho intramolecular Hbond substituents is 1. The number of ether oxygens (including phenoxy) is 2. The van der Waals surface area contributed by atoms with E-state index in [-0.39, 0.29) is 0 Å². The third kappa shape index (κ3) is 6.94. The Morgan fingerprint density at radius 2 is 1.60 bits per heavy atom. The molecular formula is C12H20O3. The van der Waals surface area contributed by atoms with Gasteiger partial charge in [-0.15, -0.1) is 0 Å². The van der Waals surface area contributed by atoms with E-state index >= 15 is 0 Å². The fourth-order valence-electron chi connectivity index (χ4n) is 0.886. The topological polar surface area (TPSA) is 38.7 Å². The van der Waals surface area contributed by atoms with E-state index in [1.54, 1.807) is 20.3 Å². The quantitative estimate of drug-likeness (QED) is 0.781. The van der Waals surface area contributed by atoms with Crippen molar-refractivity contribution < 1.29 is 14.6 Å². The van der Waals surface area contributed by atoms with Crippen LogP contribution in [0.4, 0.5) is 0 Å². The predicted octanol–water partition coefficient (Wildman–Crippen LogP) is 2.29. The number of benzene rings is 1. The SMILES string of the molecule is COCCOC.Cc1ccc(C)c(O)c1. The van der Waals surface area contributed by atoms with Gasteiger partial charge in [0.25, 0.3) is 0 Å². The fraction of sp³-hybridized carbons (Fsp3) is 0.500. The van der Waals surface area contributed by atoms with Crippen LogP contribution < -0.4 is 0 Å². The predicted molar refractivity (Wildman–Crippen MR) is 61.3 cm³/mol. The van der Waals surface area contributed by atoms with Crippen molar-refractivity contribution in [3.8, 4) is 5.75 Å². The van der Waals surface area contributed by atoms with E-state index in [1.165, 1.54) is 0 Å². The van der Waals surface area contributed by atoms with Crippen molar-refractivity contribution in [2.45, 2.75) is 13.8 Å². The molecule has 0 bridgehead atoms. The minimum Gasteiger partial charge on any atom is -0.508 e. The summed E-state index contributed by atoms with van der Waals surface area (Å²) >= 11 is 0. The van der Waals surface area contributed by atoms with Crippen molar-refractivity contribution in [2.75, 3.05) is 27.4 Å². The van der Waals surface area contributed by atoms with Crippen LogP contribution in [-0.4, -0.2) is 32.5 Å². The molecule has 1 aromatic rings. The van der Waals surface area contributed by atoms with Gasteiger partial charge >= 0.3 is 0 Å². The van der Waals surface area contributed by atoms with Crippen LogP contribution in [0.5, 0.6) is 5.75 Å². The van der Waals surface area contributed by atoms with Crippen molar-refractivity contribution in [3.63, 3.8) is 0 Å². The van der Waals surface area contributed by atoms with Crippen molar-refractivity contribution in [3.05, 3.63) is 29.3 Å². The van der Waals surface area contributed by atoms with E-state index in [2.05, 4.69) is 9.47 Å². The summed E-state index contributed by atoms with van der Waals surface area (Å²) in [5, 5.41) is 9.10. The van der Waals surface area contributed by atoms with Crippen molar-refractivity contribution in [1.29, 1.82) is 0 Å². The van der Waals surface area contributed by atoms with Gasteiger partial charge < -0.3 is 14.6 Å². The lowest BCUT2D eigenvalue weighted by atomic mass is 10.1. The lowest BCUT2D eigenvalue weighted by Gasteiger charge is -1.97.